The van der Waals surface area contributed by atoms with Gasteiger partial charge in [0.2, 0.25) is 0 Å². The third kappa shape index (κ3) is 3.44. The number of carbonyl (C=O) groups is 1. The summed E-state index contributed by atoms with van der Waals surface area (Å²) >= 11 is 3.44. The highest BCUT2D eigenvalue weighted by molar-refractivity contribution is 9.10. The van der Waals surface area contributed by atoms with Gasteiger partial charge in [-0.25, -0.2) is 0 Å². The molecule has 0 fully saturated rings. The Morgan fingerprint density at radius 2 is 2.00 bits per heavy atom. The second-order valence-corrected chi connectivity index (χ2v) is 5.52. The number of nitrogens with one attached hydrogen (secondary N) is 1. The lowest BCUT2D eigenvalue weighted by Crippen LogP contribution is -2.32. The maximum atomic E-state index is 12.1. The molecule has 0 aromatic heterocycles. The standard InChI is InChI=1S/C16H16BrNO/c1-3-4-11(2)18-16(19)14-6-5-13-10-15(17)8-7-12(13)9-14/h3,5-11H,1,4H2,2H3,(H,18,19). The molecule has 1 unspecified atom stereocenters. The van der Waals surface area contributed by atoms with E-state index in [2.05, 4.69) is 27.8 Å². The normalized spacial score (nSPS) is 12.1. The van der Waals surface area contributed by atoms with Crippen LogP contribution in [0.15, 0.2) is 53.5 Å². The second-order valence-electron chi connectivity index (χ2n) is 4.61. The predicted octanol–water partition coefficient (Wildman–Crippen LogP) is 4.30. The quantitative estimate of drug-likeness (QED) is 0.837. The first-order chi connectivity index (χ1) is 9.10. The Hall–Kier alpha value is -1.61. The smallest absolute Gasteiger partial charge is 0.251 e. The maximum Gasteiger partial charge on any atom is 0.251 e. The molecule has 2 aromatic carbocycles. The third-order valence-electron chi connectivity index (χ3n) is 2.96. The predicted molar refractivity (Wildman–Crippen MR) is 83.4 cm³/mol. The van der Waals surface area contributed by atoms with Crippen LogP contribution < -0.4 is 5.32 Å². The topological polar surface area (TPSA) is 29.1 Å². The molecule has 1 amide bonds. The summed E-state index contributed by atoms with van der Waals surface area (Å²) in [5, 5.41) is 5.13. The molecule has 0 radical (unpaired) electrons. The zero-order valence-electron chi connectivity index (χ0n) is 10.8. The van der Waals surface area contributed by atoms with Gasteiger partial charge in [-0.1, -0.05) is 34.1 Å². The Morgan fingerprint density at radius 3 is 2.74 bits per heavy atom. The molecule has 98 valence electrons. The molecule has 2 aromatic rings. The van der Waals surface area contributed by atoms with E-state index in [9.17, 15) is 4.79 Å². The van der Waals surface area contributed by atoms with Crippen LogP contribution >= 0.6 is 15.9 Å². The molecule has 3 heteroatoms. The molecule has 2 nitrogen and oxygen atoms in total. The third-order valence-corrected chi connectivity index (χ3v) is 3.46. The number of carbonyl (C=O) groups excluding carboxylic acids is 1. The van der Waals surface area contributed by atoms with E-state index in [-0.39, 0.29) is 11.9 Å². The molecule has 2 rings (SSSR count). The fraction of sp³-hybridized carbons (Fsp3) is 0.188. The minimum Gasteiger partial charge on any atom is -0.349 e. The van der Waals surface area contributed by atoms with E-state index in [1.807, 2.05) is 49.4 Å². The highest BCUT2D eigenvalue weighted by Crippen LogP contribution is 2.21. The Labute approximate surface area is 121 Å². The maximum absolute atomic E-state index is 12.1. The molecule has 19 heavy (non-hydrogen) atoms. The summed E-state index contributed by atoms with van der Waals surface area (Å²) in [4.78, 5) is 12.1. The van der Waals surface area contributed by atoms with E-state index in [4.69, 9.17) is 0 Å². The molecule has 0 bridgehead atoms. The van der Waals surface area contributed by atoms with E-state index >= 15 is 0 Å². The number of rotatable bonds is 4. The molecular weight excluding hydrogens is 302 g/mol. The lowest BCUT2D eigenvalue weighted by atomic mass is 10.1. The fourth-order valence-electron chi connectivity index (χ4n) is 1.97. The van der Waals surface area contributed by atoms with Gasteiger partial charge in [0.25, 0.3) is 5.91 Å². The van der Waals surface area contributed by atoms with Crippen LogP contribution in [0.4, 0.5) is 0 Å². The Kier molecular flexibility index (Phi) is 4.38. The van der Waals surface area contributed by atoms with Gasteiger partial charge in [-0.2, -0.15) is 0 Å². The molecule has 1 atom stereocenters. The van der Waals surface area contributed by atoms with E-state index in [1.165, 1.54) is 0 Å². The van der Waals surface area contributed by atoms with Gasteiger partial charge in [0.15, 0.2) is 0 Å². The van der Waals surface area contributed by atoms with Crippen LogP contribution in [0.2, 0.25) is 0 Å². The van der Waals surface area contributed by atoms with Crippen LogP contribution in [0, 0.1) is 0 Å². The number of fused-ring (bicyclic) bond motifs is 1. The van der Waals surface area contributed by atoms with Gasteiger partial charge in [0.1, 0.15) is 0 Å². The highest BCUT2D eigenvalue weighted by atomic mass is 79.9. The van der Waals surface area contributed by atoms with Gasteiger partial charge < -0.3 is 5.32 Å². The molecule has 0 saturated heterocycles. The van der Waals surface area contributed by atoms with Crippen LogP contribution in [0.1, 0.15) is 23.7 Å². The molecule has 0 saturated carbocycles. The van der Waals surface area contributed by atoms with Crippen molar-refractivity contribution in [2.24, 2.45) is 0 Å². The van der Waals surface area contributed by atoms with Crippen molar-refractivity contribution in [3.63, 3.8) is 0 Å². The number of hydrogen-bond acceptors (Lipinski definition) is 1. The highest BCUT2D eigenvalue weighted by Gasteiger charge is 2.09. The SMILES string of the molecule is C=CCC(C)NC(=O)c1ccc2cc(Br)ccc2c1. The molecule has 0 heterocycles. The number of amides is 1. The fourth-order valence-corrected chi connectivity index (χ4v) is 2.35. The average Bonchev–Trinajstić information content (AvgIpc) is 2.38. The van der Waals surface area contributed by atoms with Crippen LogP contribution in [0.5, 0.6) is 0 Å². The largest absolute Gasteiger partial charge is 0.349 e. The van der Waals surface area contributed by atoms with Gasteiger partial charge in [-0.15, -0.1) is 6.58 Å². The number of hydrogen-bond donors (Lipinski definition) is 1. The van der Waals surface area contributed by atoms with Crippen molar-refractivity contribution in [1.82, 2.24) is 5.32 Å². The van der Waals surface area contributed by atoms with Gasteiger partial charge in [-0.05, 0) is 48.4 Å². The van der Waals surface area contributed by atoms with Crippen molar-refractivity contribution in [2.45, 2.75) is 19.4 Å². The van der Waals surface area contributed by atoms with E-state index in [1.54, 1.807) is 0 Å². The summed E-state index contributed by atoms with van der Waals surface area (Å²) in [6, 6.07) is 11.9. The van der Waals surface area contributed by atoms with Gasteiger partial charge >= 0.3 is 0 Å². The molecule has 0 spiro atoms. The van der Waals surface area contributed by atoms with Crippen LogP contribution in [0.25, 0.3) is 10.8 Å². The summed E-state index contributed by atoms with van der Waals surface area (Å²) in [5.41, 5.74) is 0.686. The summed E-state index contributed by atoms with van der Waals surface area (Å²) < 4.78 is 1.04. The summed E-state index contributed by atoms with van der Waals surface area (Å²) in [5.74, 6) is -0.0424. The molecular formula is C16H16BrNO. The van der Waals surface area contributed by atoms with Crippen molar-refractivity contribution < 1.29 is 4.79 Å². The van der Waals surface area contributed by atoms with Crippen molar-refractivity contribution in [3.8, 4) is 0 Å². The van der Waals surface area contributed by atoms with Crippen LogP contribution in [0.3, 0.4) is 0 Å². The van der Waals surface area contributed by atoms with Crippen molar-refractivity contribution in [1.29, 1.82) is 0 Å². The Bertz CT molecular complexity index is 621. The Balaban J connectivity index is 2.23. The monoisotopic (exact) mass is 317 g/mol. The minimum atomic E-state index is -0.0424. The molecule has 0 aliphatic carbocycles. The number of benzene rings is 2. The second kappa shape index (κ2) is 6.02. The lowest BCUT2D eigenvalue weighted by molar-refractivity contribution is 0.0940. The Morgan fingerprint density at radius 1 is 1.32 bits per heavy atom. The van der Waals surface area contributed by atoms with Gasteiger partial charge in [0, 0.05) is 16.1 Å². The van der Waals surface area contributed by atoms with Crippen molar-refractivity contribution >= 4 is 32.6 Å². The van der Waals surface area contributed by atoms with Crippen molar-refractivity contribution in [2.75, 3.05) is 0 Å². The first-order valence-electron chi connectivity index (χ1n) is 6.21. The van der Waals surface area contributed by atoms with Crippen LogP contribution in [-0.4, -0.2) is 11.9 Å². The van der Waals surface area contributed by atoms with Gasteiger partial charge in [0.05, 0.1) is 0 Å². The van der Waals surface area contributed by atoms with Crippen molar-refractivity contribution in [3.05, 3.63) is 59.1 Å². The molecule has 1 N–H and O–H groups in total. The zero-order chi connectivity index (χ0) is 13.8. The average molecular weight is 318 g/mol. The summed E-state index contributed by atoms with van der Waals surface area (Å²) in [7, 11) is 0. The lowest BCUT2D eigenvalue weighted by Gasteiger charge is -2.12. The first kappa shape index (κ1) is 13.8. The van der Waals surface area contributed by atoms with E-state index in [0.717, 1.165) is 21.7 Å². The summed E-state index contributed by atoms with van der Waals surface area (Å²) in [6.07, 6.45) is 2.58. The van der Waals surface area contributed by atoms with E-state index in [0.29, 0.717) is 5.56 Å². The van der Waals surface area contributed by atoms with Crippen LogP contribution in [-0.2, 0) is 0 Å². The minimum absolute atomic E-state index is 0.0424. The van der Waals surface area contributed by atoms with E-state index < -0.39 is 0 Å². The zero-order valence-corrected chi connectivity index (χ0v) is 12.4. The molecule has 0 aliphatic rings. The number of halogens is 1. The van der Waals surface area contributed by atoms with Gasteiger partial charge in [-0.3, -0.25) is 4.79 Å². The first-order valence-corrected chi connectivity index (χ1v) is 7.00. The summed E-state index contributed by atoms with van der Waals surface area (Å²) in [6.45, 7) is 5.64. The molecule has 0 aliphatic heterocycles.